The number of hydrogen-bond donors (Lipinski definition) is 2. The molecule has 29 heavy (non-hydrogen) atoms. The van der Waals surface area contributed by atoms with Crippen molar-refractivity contribution in [1.82, 2.24) is 15.6 Å². The summed E-state index contributed by atoms with van der Waals surface area (Å²) in [6, 6.07) is 11.6. The highest BCUT2D eigenvalue weighted by Crippen LogP contribution is 2.16. The minimum Gasteiger partial charge on any atom is -0.481 e. The van der Waals surface area contributed by atoms with E-state index in [-0.39, 0.29) is 19.6 Å². The van der Waals surface area contributed by atoms with Crippen LogP contribution in [0.4, 0.5) is 4.79 Å². The van der Waals surface area contributed by atoms with E-state index in [0.29, 0.717) is 11.4 Å². The molecule has 1 atom stereocenters. The van der Waals surface area contributed by atoms with Crippen LogP contribution in [0.3, 0.4) is 0 Å². The lowest BCUT2D eigenvalue weighted by Gasteiger charge is -2.17. The summed E-state index contributed by atoms with van der Waals surface area (Å²) in [6.45, 7) is -0.273. The van der Waals surface area contributed by atoms with Crippen molar-refractivity contribution in [2.75, 3.05) is 20.8 Å². The number of methoxy groups -OCH3 is 2. The maximum absolute atomic E-state index is 12.2. The molecule has 1 aromatic carbocycles. The standard InChI is InChI=1S/C20H23N3O6/c1-27-18-15(9-6-10-21-18)11-16(19(25)28-2)23-17(24)12-22-20(26)29-13-14-7-4-3-5-8-14/h3-10,16H,11-13H2,1-2H3,(H,22,26)(H,23,24)/t16-/m1/s1. The van der Waals surface area contributed by atoms with E-state index in [1.54, 1.807) is 18.3 Å². The molecule has 0 aliphatic heterocycles. The van der Waals surface area contributed by atoms with Crippen molar-refractivity contribution in [2.24, 2.45) is 0 Å². The molecule has 0 saturated carbocycles. The lowest BCUT2D eigenvalue weighted by molar-refractivity contribution is -0.144. The molecule has 2 N–H and O–H groups in total. The maximum atomic E-state index is 12.2. The number of ether oxygens (including phenoxy) is 3. The first kappa shape index (κ1) is 21.7. The van der Waals surface area contributed by atoms with Crippen LogP contribution in [-0.2, 0) is 32.1 Å². The molecule has 1 heterocycles. The fourth-order valence-corrected chi connectivity index (χ4v) is 2.49. The third-order valence-electron chi connectivity index (χ3n) is 3.89. The summed E-state index contributed by atoms with van der Waals surface area (Å²) in [7, 11) is 2.68. The van der Waals surface area contributed by atoms with Gasteiger partial charge in [-0.15, -0.1) is 0 Å². The molecule has 0 radical (unpaired) electrons. The van der Waals surface area contributed by atoms with E-state index in [0.717, 1.165) is 5.56 Å². The van der Waals surface area contributed by atoms with Crippen LogP contribution in [0.15, 0.2) is 48.7 Å². The second-order valence-corrected chi connectivity index (χ2v) is 5.93. The van der Waals surface area contributed by atoms with E-state index in [9.17, 15) is 14.4 Å². The Kier molecular flexibility index (Phi) is 8.43. The minimum atomic E-state index is -0.965. The Labute approximate surface area is 168 Å². The second kappa shape index (κ2) is 11.3. The van der Waals surface area contributed by atoms with Gasteiger partial charge in [0.15, 0.2) is 0 Å². The quantitative estimate of drug-likeness (QED) is 0.607. The summed E-state index contributed by atoms with van der Waals surface area (Å²) < 4.78 is 14.9. The van der Waals surface area contributed by atoms with Crippen molar-refractivity contribution in [1.29, 1.82) is 0 Å². The lowest BCUT2D eigenvalue weighted by atomic mass is 10.1. The zero-order valence-corrected chi connectivity index (χ0v) is 16.2. The highest BCUT2D eigenvalue weighted by atomic mass is 16.5. The van der Waals surface area contributed by atoms with Crippen molar-refractivity contribution in [3.05, 3.63) is 59.8 Å². The molecule has 1 aromatic heterocycles. The van der Waals surface area contributed by atoms with Crippen LogP contribution in [0.25, 0.3) is 0 Å². The molecular weight excluding hydrogens is 378 g/mol. The van der Waals surface area contributed by atoms with Crippen molar-refractivity contribution in [2.45, 2.75) is 19.1 Å². The Morgan fingerprint density at radius 1 is 1.07 bits per heavy atom. The zero-order valence-electron chi connectivity index (χ0n) is 16.2. The maximum Gasteiger partial charge on any atom is 0.407 e. The van der Waals surface area contributed by atoms with E-state index in [1.165, 1.54) is 14.2 Å². The number of amides is 2. The summed E-state index contributed by atoms with van der Waals surface area (Å²) in [5.74, 6) is -0.853. The fraction of sp³-hybridized carbons (Fsp3) is 0.300. The van der Waals surface area contributed by atoms with Gasteiger partial charge in [-0.3, -0.25) is 4.79 Å². The second-order valence-electron chi connectivity index (χ2n) is 5.93. The molecule has 2 aromatic rings. The van der Waals surface area contributed by atoms with Crippen LogP contribution in [0, 0.1) is 0 Å². The predicted molar refractivity (Wildman–Crippen MR) is 103 cm³/mol. The highest BCUT2D eigenvalue weighted by molar-refractivity contribution is 5.87. The van der Waals surface area contributed by atoms with Gasteiger partial charge in [-0.25, -0.2) is 14.6 Å². The van der Waals surface area contributed by atoms with Gasteiger partial charge in [0.1, 0.15) is 19.2 Å². The number of esters is 1. The van der Waals surface area contributed by atoms with E-state index in [2.05, 4.69) is 15.6 Å². The highest BCUT2D eigenvalue weighted by Gasteiger charge is 2.24. The van der Waals surface area contributed by atoms with Crippen molar-refractivity contribution < 1.29 is 28.6 Å². The van der Waals surface area contributed by atoms with E-state index in [1.807, 2.05) is 30.3 Å². The smallest absolute Gasteiger partial charge is 0.407 e. The average molecular weight is 401 g/mol. The minimum absolute atomic E-state index is 0.0832. The molecule has 154 valence electrons. The number of hydrogen-bond acceptors (Lipinski definition) is 7. The number of nitrogens with one attached hydrogen (secondary N) is 2. The Hall–Kier alpha value is -3.62. The van der Waals surface area contributed by atoms with Gasteiger partial charge in [-0.05, 0) is 11.6 Å². The van der Waals surface area contributed by atoms with Gasteiger partial charge >= 0.3 is 12.1 Å². The molecule has 0 fully saturated rings. The Balaban J connectivity index is 1.86. The molecule has 0 saturated heterocycles. The SMILES string of the molecule is COC(=O)[C@@H](Cc1cccnc1OC)NC(=O)CNC(=O)OCc1ccccc1. The number of alkyl carbamates (subject to hydrolysis) is 1. The molecular formula is C20H23N3O6. The van der Waals surface area contributed by atoms with Gasteiger partial charge in [-0.2, -0.15) is 0 Å². The van der Waals surface area contributed by atoms with Gasteiger partial charge < -0.3 is 24.8 Å². The lowest BCUT2D eigenvalue weighted by Crippen LogP contribution is -2.47. The van der Waals surface area contributed by atoms with E-state index < -0.39 is 24.0 Å². The third-order valence-corrected chi connectivity index (χ3v) is 3.89. The summed E-state index contributed by atoms with van der Waals surface area (Å²) in [5.41, 5.74) is 1.45. The first-order valence-corrected chi connectivity index (χ1v) is 8.83. The van der Waals surface area contributed by atoms with Crippen molar-refractivity contribution in [3.8, 4) is 5.88 Å². The topological polar surface area (TPSA) is 116 Å². The number of pyridine rings is 1. The van der Waals surface area contributed by atoms with E-state index >= 15 is 0 Å². The van der Waals surface area contributed by atoms with Gasteiger partial charge in [0.2, 0.25) is 11.8 Å². The summed E-state index contributed by atoms with van der Waals surface area (Å²) in [6.07, 6.45) is 0.931. The molecule has 0 spiro atoms. The predicted octanol–water partition coefficient (Wildman–Crippen LogP) is 1.22. The van der Waals surface area contributed by atoms with Crippen LogP contribution in [-0.4, -0.2) is 49.8 Å². The van der Waals surface area contributed by atoms with Crippen LogP contribution in [0.2, 0.25) is 0 Å². The van der Waals surface area contributed by atoms with Gasteiger partial charge in [-0.1, -0.05) is 36.4 Å². The first-order valence-electron chi connectivity index (χ1n) is 8.83. The van der Waals surface area contributed by atoms with Gasteiger partial charge in [0.05, 0.1) is 14.2 Å². The molecule has 2 rings (SSSR count). The van der Waals surface area contributed by atoms with E-state index in [4.69, 9.17) is 14.2 Å². The summed E-state index contributed by atoms with van der Waals surface area (Å²) in [5, 5.41) is 4.87. The number of carbonyl (C=O) groups is 3. The third kappa shape index (κ3) is 7.13. The Morgan fingerprint density at radius 2 is 1.83 bits per heavy atom. The van der Waals surface area contributed by atoms with Crippen molar-refractivity contribution in [3.63, 3.8) is 0 Å². The number of benzene rings is 1. The number of carbonyl (C=O) groups excluding carboxylic acids is 3. The largest absolute Gasteiger partial charge is 0.481 e. The van der Waals surface area contributed by atoms with Crippen molar-refractivity contribution >= 4 is 18.0 Å². The fourth-order valence-electron chi connectivity index (χ4n) is 2.49. The van der Waals surface area contributed by atoms with Crippen LogP contribution in [0.1, 0.15) is 11.1 Å². The molecule has 0 bridgehead atoms. The van der Waals surface area contributed by atoms with Gasteiger partial charge in [0, 0.05) is 18.2 Å². The molecule has 9 nitrogen and oxygen atoms in total. The number of aromatic nitrogens is 1. The van der Waals surface area contributed by atoms with Crippen LogP contribution < -0.4 is 15.4 Å². The molecule has 0 unspecified atom stereocenters. The normalized spacial score (nSPS) is 11.1. The average Bonchev–Trinajstić information content (AvgIpc) is 2.76. The number of rotatable bonds is 9. The molecule has 0 aliphatic carbocycles. The summed E-state index contributed by atoms with van der Waals surface area (Å²) in [4.78, 5) is 40.0. The molecule has 0 aliphatic rings. The monoisotopic (exact) mass is 401 g/mol. The van der Waals surface area contributed by atoms with Crippen LogP contribution >= 0.6 is 0 Å². The van der Waals surface area contributed by atoms with Crippen LogP contribution in [0.5, 0.6) is 5.88 Å². The number of nitrogens with zero attached hydrogens (tertiary/aromatic N) is 1. The Morgan fingerprint density at radius 3 is 2.52 bits per heavy atom. The van der Waals surface area contributed by atoms with Gasteiger partial charge in [0.25, 0.3) is 0 Å². The molecule has 9 heteroatoms. The molecule has 2 amide bonds. The summed E-state index contributed by atoms with van der Waals surface area (Å²) >= 11 is 0. The first-order chi connectivity index (χ1) is 14.0. The zero-order chi connectivity index (χ0) is 21.1. The Bertz CT molecular complexity index is 828.